The van der Waals surface area contributed by atoms with Gasteiger partial charge in [-0.1, -0.05) is 49.2 Å². The van der Waals surface area contributed by atoms with Gasteiger partial charge >= 0.3 is 0 Å². The maximum Gasteiger partial charge on any atom is 0.237 e. The minimum Gasteiger partial charge on any atom is -0.352 e. The molecule has 3 nitrogen and oxygen atoms in total. The molecule has 1 N–H and O–H groups in total. The first kappa shape index (κ1) is 16.0. The molecule has 122 valence electrons. The molecular formula is C20H26N2O. The van der Waals surface area contributed by atoms with Crippen LogP contribution >= 0.6 is 0 Å². The Kier molecular flexibility index (Phi) is 4.97. The summed E-state index contributed by atoms with van der Waals surface area (Å²) in [6.45, 7) is 2.77. The third kappa shape index (κ3) is 3.91. The zero-order valence-corrected chi connectivity index (χ0v) is 14.1. The number of carbonyl (C=O) groups excluding carboxylic acids is 1. The molecule has 0 radical (unpaired) electrons. The van der Waals surface area contributed by atoms with Crippen LogP contribution in [0.15, 0.2) is 42.5 Å². The Labute approximate surface area is 138 Å². The Morgan fingerprint density at radius 1 is 1.17 bits per heavy atom. The second-order valence-electron chi connectivity index (χ2n) is 6.76. The highest BCUT2D eigenvalue weighted by Gasteiger charge is 2.23. The maximum absolute atomic E-state index is 12.4. The van der Waals surface area contributed by atoms with Crippen molar-refractivity contribution >= 4 is 16.7 Å². The molecule has 2 aromatic carbocycles. The molecule has 0 heterocycles. The molecule has 0 saturated heterocycles. The highest BCUT2D eigenvalue weighted by molar-refractivity contribution is 5.83. The summed E-state index contributed by atoms with van der Waals surface area (Å²) in [4.78, 5) is 14.5. The van der Waals surface area contributed by atoms with Crippen molar-refractivity contribution in [2.75, 3.05) is 7.05 Å². The van der Waals surface area contributed by atoms with Gasteiger partial charge in [-0.05, 0) is 49.2 Å². The van der Waals surface area contributed by atoms with Gasteiger partial charge in [-0.3, -0.25) is 9.69 Å². The van der Waals surface area contributed by atoms with Crippen LogP contribution in [0.2, 0.25) is 0 Å². The number of rotatable bonds is 5. The fourth-order valence-electron chi connectivity index (χ4n) is 3.35. The quantitative estimate of drug-likeness (QED) is 0.913. The van der Waals surface area contributed by atoms with Crippen LogP contribution in [0.4, 0.5) is 0 Å². The molecule has 0 aliphatic heterocycles. The van der Waals surface area contributed by atoms with E-state index in [1.54, 1.807) is 0 Å². The summed E-state index contributed by atoms with van der Waals surface area (Å²) >= 11 is 0. The van der Waals surface area contributed by atoms with Gasteiger partial charge in [0.15, 0.2) is 0 Å². The van der Waals surface area contributed by atoms with Crippen LogP contribution in [0, 0.1) is 0 Å². The average molecular weight is 310 g/mol. The third-order valence-corrected chi connectivity index (χ3v) is 4.99. The summed E-state index contributed by atoms with van der Waals surface area (Å²) in [6, 6.07) is 15.2. The van der Waals surface area contributed by atoms with E-state index in [9.17, 15) is 4.79 Å². The van der Waals surface area contributed by atoms with Crippen LogP contribution in [-0.2, 0) is 11.3 Å². The lowest BCUT2D eigenvalue weighted by Crippen LogP contribution is -2.46. The molecule has 1 aliphatic rings. The summed E-state index contributed by atoms with van der Waals surface area (Å²) < 4.78 is 0. The van der Waals surface area contributed by atoms with E-state index in [1.165, 1.54) is 29.2 Å². The summed E-state index contributed by atoms with van der Waals surface area (Å²) in [6.07, 6.45) is 4.75. The fraction of sp³-hybridized carbons (Fsp3) is 0.450. The Morgan fingerprint density at radius 2 is 1.87 bits per heavy atom. The van der Waals surface area contributed by atoms with E-state index in [0.29, 0.717) is 6.04 Å². The van der Waals surface area contributed by atoms with Crippen LogP contribution < -0.4 is 5.32 Å². The lowest BCUT2D eigenvalue weighted by atomic mass is 10.1. The molecule has 3 heteroatoms. The monoisotopic (exact) mass is 310 g/mol. The SMILES string of the molecule is C[C@H](C(=O)NC1CCCC1)N(C)Cc1ccc2ccccc2c1. The molecule has 3 rings (SSSR count). The van der Waals surface area contributed by atoms with E-state index in [1.807, 2.05) is 14.0 Å². The van der Waals surface area contributed by atoms with Gasteiger partial charge in [0.2, 0.25) is 5.91 Å². The van der Waals surface area contributed by atoms with Gasteiger partial charge in [0.05, 0.1) is 6.04 Å². The van der Waals surface area contributed by atoms with Crippen molar-refractivity contribution in [3.05, 3.63) is 48.0 Å². The fourth-order valence-corrected chi connectivity index (χ4v) is 3.35. The number of nitrogens with zero attached hydrogens (tertiary/aromatic N) is 1. The van der Waals surface area contributed by atoms with Gasteiger partial charge < -0.3 is 5.32 Å². The molecule has 0 unspecified atom stereocenters. The number of nitrogens with one attached hydrogen (secondary N) is 1. The lowest BCUT2D eigenvalue weighted by molar-refractivity contribution is -0.126. The van der Waals surface area contributed by atoms with E-state index < -0.39 is 0 Å². The highest BCUT2D eigenvalue weighted by atomic mass is 16.2. The molecule has 1 fully saturated rings. The highest BCUT2D eigenvalue weighted by Crippen LogP contribution is 2.19. The van der Waals surface area contributed by atoms with Gasteiger partial charge in [0, 0.05) is 12.6 Å². The topological polar surface area (TPSA) is 32.3 Å². The van der Waals surface area contributed by atoms with Crippen molar-refractivity contribution in [3.8, 4) is 0 Å². The minimum atomic E-state index is -0.109. The molecule has 0 bridgehead atoms. The van der Waals surface area contributed by atoms with E-state index in [2.05, 4.69) is 52.7 Å². The van der Waals surface area contributed by atoms with Gasteiger partial charge in [-0.25, -0.2) is 0 Å². The van der Waals surface area contributed by atoms with Crippen LogP contribution in [0.25, 0.3) is 10.8 Å². The zero-order valence-electron chi connectivity index (χ0n) is 14.1. The number of benzene rings is 2. The first-order valence-electron chi connectivity index (χ1n) is 8.62. The zero-order chi connectivity index (χ0) is 16.2. The van der Waals surface area contributed by atoms with Crippen LogP contribution in [0.5, 0.6) is 0 Å². The first-order valence-corrected chi connectivity index (χ1v) is 8.62. The van der Waals surface area contributed by atoms with Gasteiger partial charge in [0.1, 0.15) is 0 Å². The largest absolute Gasteiger partial charge is 0.352 e. The van der Waals surface area contributed by atoms with Crippen LogP contribution in [-0.4, -0.2) is 29.9 Å². The van der Waals surface area contributed by atoms with E-state index in [4.69, 9.17) is 0 Å². The van der Waals surface area contributed by atoms with Gasteiger partial charge in [0.25, 0.3) is 0 Å². The second kappa shape index (κ2) is 7.14. The summed E-state index contributed by atoms with van der Waals surface area (Å²) in [5, 5.41) is 5.70. The standard InChI is InChI=1S/C20H26N2O/c1-15(20(23)21-19-9-5-6-10-19)22(2)14-16-11-12-17-7-3-4-8-18(17)13-16/h3-4,7-8,11-13,15,19H,5-6,9-10,14H2,1-2H3,(H,21,23)/t15-/m1/s1. The predicted octanol–water partition coefficient (Wildman–Crippen LogP) is 3.72. The molecule has 2 aromatic rings. The van der Waals surface area contributed by atoms with Gasteiger partial charge in [-0.2, -0.15) is 0 Å². The van der Waals surface area contributed by atoms with Gasteiger partial charge in [-0.15, -0.1) is 0 Å². The number of hydrogen-bond acceptors (Lipinski definition) is 2. The number of amides is 1. The lowest BCUT2D eigenvalue weighted by Gasteiger charge is -2.25. The number of hydrogen-bond donors (Lipinski definition) is 1. The number of carbonyl (C=O) groups is 1. The molecule has 23 heavy (non-hydrogen) atoms. The van der Waals surface area contributed by atoms with Crippen molar-refractivity contribution < 1.29 is 4.79 Å². The van der Waals surface area contributed by atoms with Crippen molar-refractivity contribution in [1.29, 1.82) is 0 Å². The summed E-state index contributed by atoms with van der Waals surface area (Å²) in [5.41, 5.74) is 1.24. The smallest absolute Gasteiger partial charge is 0.237 e. The van der Waals surface area contributed by atoms with Crippen LogP contribution in [0.1, 0.15) is 38.2 Å². The van der Waals surface area contributed by atoms with Crippen molar-refractivity contribution in [2.45, 2.75) is 51.2 Å². The van der Waals surface area contributed by atoms with Crippen molar-refractivity contribution in [3.63, 3.8) is 0 Å². The minimum absolute atomic E-state index is 0.109. The van der Waals surface area contributed by atoms with E-state index >= 15 is 0 Å². The van der Waals surface area contributed by atoms with Crippen LogP contribution in [0.3, 0.4) is 0 Å². The van der Waals surface area contributed by atoms with E-state index in [0.717, 1.165) is 19.4 Å². The molecule has 1 amide bonds. The molecule has 0 spiro atoms. The summed E-state index contributed by atoms with van der Waals surface area (Å²) in [7, 11) is 2.02. The first-order chi connectivity index (χ1) is 11.1. The molecule has 1 saturated carbocycles. The predicted molar refractivity (Wildman–Crippen MR) is 95.3 cm³/mol. The molecular weight excluding hydrogens is 284 g/mol. The molecule has 1 aliphatic carbocycles. The normalized spacial score (nSPS) is 16.8. The molecule has 0 aromatic heterocycles. The number of fused-ring (bicyclic) bond motifs is 1. The van der Waals surface area contributed by atoms with Crippen molar-refractivity contribution in [2.24, 2.45) is 0 Å². The van der Waals surface area contributed by atoms with Crippen molar-refractivity contribution in [1.82, 2.24) is 10.2 Å². The molecule has 1 atom stereocenters. The number of likely N-dealkylation sites (N-methyl/N-ethyl adjacent to an activating group) is 1. The Hall–Kier alpha value is -1.87. The summed E-state index contributed by atoms with van der Waals surface area (Å²) in [5.74, 6) is 0.153. The second-order valence-corrected chi connectivity index (χ2v) is 6.76. The Balaban J connectivity index is 1.62. The Bertz CT molecular complexity index is 676. The Morgan fingerprint density at radius 3 is 2.61 bits per heavy atom. The third-order valence-electron chi connectivity index (χ3n) is 4.99. The average Bonchev–Trinajstić information content (AvgIpc) is 3.07. The maximum atomic E-state index is 12.4. The van der Waals surface area contributed by atoms with E-state index in [-0.39, 0.29) is 11.9 Å².